The molecule has 0 saturated carbocycles. The summed E-state index contributed by atoms with van der Waals surface area (Å²) in [5, 5.41) is 12.7. The second-order valence-corrected chi connectivity index (χ2v) is 3.78. The molecule has 0 spiro atoms. The Hall–Kier alpha value is -1.18. The van der Waals surface area contributed by atoms with Crippen LogP contribution in [0.1, 0.15) is 25.3 Å². The minimum absolute atomic E-state index is 0.348. The number of aromatic hydroxyl groups is 1. The van der Waals surface area contributed by atoms with Gasteiger partial charge >= 0.3 is 0 Å². The van der Waals surface area contributed by atoms with Crippen LogP contribution >= 0.6 is 0 Å². The lowest BCUT2D eigenvalue weighted by molar-refractivity contribution is 0.475. The molecule has 0 aliphatic carbocycles. The van der Waals surface area contributed by atoms with Gasteiger partial charge in [0.1, 0.15) is 5.75 Å². The number of phenolic OH excluding ortho intramolecular Hbond substituents is 1. The van der Waals surface area contributed by atoms with Crippen LogP contribution in [0, 0.1) is 0 Å². The molecule has 1 aliphatic heterocycles. The van der Waals surface area contributed by atoms with E-state index in [2.05, 4.69) is 12.2 Å². The minimum Gasteiger partial charge on any atom is -0.508 e. The highest BCUT2D eigenvalue weighted by Crippen LogP contribution is 2.27. The number of anilines is 1. The number of hydrogen-bond acceptors (Lipinski definition) is 2. The molecule has 0 amide bonds. The first-order valence-corrected chi connectivity index (χ1v) is 4.84. The summed E-state index contributed by atoms with van der Waals surface area (Å²) in [6, 6.07) is 6.10. The molecule has 70 valence electrons. The lowest BCUT2D eigenvalue weighted by Crippen LogP contribution is -2.12. The Bertz CT molecular complexity index is 309. The van der Waals surface area contributed by atoms with Crippen LogP contribution in [0.3, 0.4) is 0 Å². The molecule has 1 aromatic carbocycles. The van der Waals surface area contributed by atoms with Gasteiger partial charge in [-0.15, -0.1) is 0 Å². The Balaban J connectivity index is 2.35. The molecule has 2 heteroatoms. The van der Waals surface area contributed by atoms with E-state index in [0.717, 1.165) is 12.1 Å². The van der Waals surface area contributed by atoms with E-state index >= 15 is 0 Å². The van der Waals surface area contributed by atoms with E-state index in [-0.39, 0.29) is 0 Å². The van der Waals surface area contributed by atoms with Crippen molar-refractivity contribution < 1.29 is 5.11 Å². The first-order chi connectivity index (χ1) is 6.25. The van der Waals surface area contributed by atoms with Crippen molar-refractivity contribution in [3.8, 4) is 5.75 Å². The predicted octanol–water partition coefficient (Wildman–Crippen LogP) is 2.53. The first kappa shape index (κ1) is 8.42. The SMILES string of the molecule is CC1CCCc2ccc(O)cc2N1. The fourth-order valence-corrected chi connectivity index (χ4v) is 1.85. The van der Waals surface area contributed by atoms with Gasteiger partial charge in [0.25, 0.3) is 0 Å². The van der Waals surface area contributed by atoms with E-state index in [9.17, 15) is 5.11 Å². The van der Waals surface area contributed by atoms with Gasteiger partial charge in [-0.1, -0.05) is 6.07 Å². The van der Waals surface area contributed by atoms with Crippen LogP contribution in [0.2, 0.25) is 0 Å². The van der Waals surface area contributed by atoms with Crippen LogP contribution in [0.5, 0.6) is 5.75 Å². The van der Waals surface area contributed by atoms with Crippen molar-refractivity contribution in [3.63, 3.8) is 0 Å². The molecule has 13 heavy (non-hydrogen) atoms. The predicted molar refractivity (Wildman–Crippen MR) is 54.1 cm³/mol. The Morgan fingerprint density at radius 1 is 1.46 bits per heavy atom. The maximum Gasteiger partial charge on any atom is 0.117 e. The molecule has 0 bridgehead atoms. The van der Waals surface area contributed by atoms with Crippen LogP contribution in [-0.4, -0.2) is 11.1 Å². The molecule has 2 N–H and O–H groups in total. The van der Waals surface area contributed by atoms with Crippen molar-refractivity contribution in [1.29, 1.82) is 0 Å². The summed E-state index contributed by atoms with van der Waals surface area (Å²) in [5.74, 6) is 0.348. The Labute approximate surface area is 78.6 Å². The average molecular weight is 177 g/mol. The van der Waals surface area contributed by atoms with Crippen LogP contribution in [0.4, 0.5) is 5.69 Å². The number of hydrogen-bond donors (Lipinski definition) is 2. The van der Waals surface area contributed by atoms with Crippen LogP contribution in [0.15, 0.2) is 18.2 Å². The molecular weight excluding hydrogens is 162 g/mol. The molecule has 1 aromatic rings. The smallest absolute Gasteiger partial charge is 0.117 e. The van der Waals surface area contributed by atoms with E-state index in [1.807, 2.05) is 12.1 Å². The molecule has 1 heterocycles. The van der Waals surface area contributed by atoms with Gasteiger partial charge < -0.3 is 10.4 Å². The highest BCUT2D eigenvalue weighted by atomic mass is 16.3. The standard InChI is InChI=1S/C11H15NO/c1-8-3-2-4-9-5-6-10(13)7-11(9)12-8/h5-8,12-13H,2-4H2,1H3. The van der Waals surface area contributed by atoms with Gasteiger partial charge in [0, 0.05) is 17.8 Å². The number of aryl methyl sites for hydroxylation is 1. The zero-order valence-corrected chi connectivity index (χ0v) is 7.88. The summed E-state index contributed by atoms with van der Waals surface area (Å²) in [6.45, 7) is 2.18. The van der Waals surface area contributed by atoms with E-state index in [0.29, 0.717) is 11.8 Å². The van der Waals surface area contributed by atoms with Crippen molar-refractivity contribution in [2.45, 2.75) is 32.2 Å². The van der Waals surface area contributed by atoms with E-state index in [4.69, 9.17) is 0 Å². The molecule has 1 atom stereocenters. The normalized spacial score (nSPS) is 21.5. The van der Waals surface area contributed by atoms with Crippen molar-refractivity contribution in [3.05, 3.63) is 23.8 Å². The highest BCUT2D eigenvalue weighted by Gasteiger charge is 2.11. The Morgan fingerprint density at radius 3 is 3.15 bits per heavy atom. The van der Waals surface area contributed by atoms with E-state index in [1.54, 1.807) is 6.07 Å². The summed E-state index contributed by atoms with van der Waals surface area (Å²) >= 11 is 0. The summed E-state index contributed by atoms with van der Waals surface area (Å²) in [5.41, 5.74) is 2.42. The molecule has 0 aromatic heterocycles. The van der Waals surface area contributed by atoms with Gasteiger partial charge in [-0.2, -0.15) is 0 Å². The second-order valence-electron chi connectivity index (χ2n) is 3.78. The Morgan fingerprint density at radius 2 is 2.31 bits per heavy atom. The number of phenols is 1. The van der Waals surface area contributed by atoms with Gasteiger partial charge in [0.15, 0.2) is 0 Å². The van der Waals surface area contributed by atoms with E-state index < -0.39 is 0 Å². The zero-order chi connectivity index (χ0) is 9.26. The highest BCUT2D eigenvalue weighted by molar-refractivity contribution is 5.56. The summed E-state index contributed by atoms with van der Waals surface area (Å²) in [6.07, 6.45) is 3.55. The number of benzene rings is 1. The van der Waals surface area contributed by atoms with Gasteiger partial charge in [-0.05, 0) is 37.8 Å². The van der Waals surface area contributed by atoms with Crippen molar-refractivity contribution in [2.24, 2.45) is 0 Å². The summed E-state index contributed by atoms with van der Waals surface area (Å²) < 4.78 is 0. The molecule has 1 aliphatic rings. The number of nitrogens with one attached hydrogen (secondary N) is 1. The third-order valence-corrected chi connectivity index (χ3v) is 2.58. The van der Waals surface area contributed by atoms with Gasteiger partial charge in [-0.3, -0.25) is 0 Å². The summed E-state index contributed by atoms with van der Waals surface area (Å²) in [7, 11) is 0. The fourth-order valence-electron chi connectivity index (χ4n) is 1.85. The third-order valence-electron chi connectivity index (χ3n) is 2.58. The quantitative estimate of drug-likeness (QED) is 0.638. The molecule has 0 fully saturated rings. The van der Waals surface area contributed by atoms with Crippen LogP contribution < -0.4 is 5.32 Å². The van der Waals surface area contributed by atoms with Gasteiger partial charge in [0.2, 0.25) is 0 Å². The Kier molecular flexibility index (Phi) is 2.13. The fraction of sp³-hybridized carbons (Fsp3) is 0.455. The lowest BCUT2D eigenvalue weighted by Gasteiger charge is -2.12. The van der Waals surface area contributed by atoms with Gasteiger partial charge in [0.05, 0.1) is 0 Å². The third kappa shape index (κ3) is 1.77. The number of rotatable bonds is 0. The molecule has 2 nitrogen and oxygen atoms in total. The topological polar surface area (TPSA) is 32.3 Å². The van der Waals surface area contributed by atoms with Crippen molar-refractivity contribution >= 4 is 5.69 Å². The molecule has 0 saturated heterocycles. The molecular formula is C11H15NO. The van der Waals surface area contributed by atoms with E-state index in [1.165, 1.54) is 18.4 Å². The van der Waals surface area contributed by atoms with Crippen LogP contribution in [-0.2, 0) is 6.42 Å². The van der Waals surface area contributed by atoms with Crippen LogP contribution in [0.25, 0.3) is 0 Å². The lowest BCUT2D eigenvalue weighted by atomic mass is 10.1. The van der Waals surface area contributed by atoms with Crippen molar-refractivity contribution in [2.75, 3.05) is 5.32 Å². The largest absolute Gasteiger partial charge is 0.508 e. The molecule has 1 unspecified atom stereocenters. The first-order valence-electron chi connectivity index (χ1n) is 4.84. The monoisotopic (exact) mass is 177 g/mol. The zero-order valence-electron chi connectivity index (χ0n) is 7.88. The second kappa shape index (κ2) is 3.29. The number of fused-ring (bicyclic) bond motifs is 1. The summed E-state index contributed by atoms with van der Waals surface area (Å²) in [4.78, 5) is 0. The molecule has 0 radical (unpaired) electrons. The maximum absolute atomic E-state index is 9.33. The van der Waals surface area contributed by atoms with Crippen molar-refractivity contribution in [1.82, 2.24) is 0 Å². The van der Waals surface area contributed by atoms with Gasteiger partial charge in [-0.25, -0.2) is 0 Å². The average Bonchev–Trinajstić information content (AvgIpc) is 2.25. The molecule has 2 rings (SSSR count). The maximum atomic E-state index is 9.33. The minimum atomic E-state index is 0.348.